The molecular formula is C16H14O2. The molecule has 1 aliphatic rings. The first kappa shape index (κ1) is 12.3. The second-order valence-corrected chi connectivity index (χ2v) is 4.26. The van der Waals surface area contributed by atoms with Crippen molar-refractivity contribution in [2.45, 2.75) is 25.7 Å². The molecule has 0 unspecified atom stereocenters. The highest BCUT2D eigenvalue weighted by atomic mass is 16.1. The van der Waals surface area contributed by atoms with E-state index in [2.05, 4.69) is 17.9 Å². The van der Waals surface area contributed by atoms with E-state index in [1.165, 1.54) is 6.42 Å². The molecule has 1 aromatic rings. The third-order valence-electron chi connectivity index (χ3n) is 2.96. The quantitative estimate of drug-likeness (QED) is 0.343. The lowest BCUT2D eigenvalue weighted by Crippen LogP contribution is -2.00. The number of Topliss-reactive ketones (excluding diaryl/α,β-unsaturated/α-hetero) is 1. The van der Waals surface area contributed by atoms with Crippen molar-refractivity contribution in [3.63, 3.8) is 0 Å². The number of carbonyl (C=O) groups excluding carboxylic acids is 2. The van der Waals surface area contributed by atoms with Crippen molar-refractivity contribution in [1.82, 2.24) is 0 Å². The highest BCUT2D eigenvalue weighted by Crippen LogP contribution is 2.16. The lowest BCUT2D eigenvalue weighted by atomic mass is 9.99. The Balaban J connectivity index is 2.19. The Morgan fingerprint density at radius 3 is 2.78 bits per heavy atom. The Morgan fingerprint density at radius 1 is 1.22 bits per heavy atom. The van der Waals surface area contributed by atoms with Gasteiger partial charge in [-0.15, -0.1) is 0 Å². The molecule has 2 nitrogen and oxygen atoms in total. The summed E-state index contributed by atoms with van der Waals surface area (Å²) >= 11 is 0. The van der Waals surface area contributed by atoms with Gasteiger partial charge in [0.25, 0.3) is 0 Å². The summed E-state index contributed by atoms with van der Waals surface area (Å²) in [6, 6.07) is 6.73. The molecule has 0 fully saturated rings. The molecule has 0 heterocycles. The summed E-state index contributed by atoms with van der Waals surface area (Å²) < 4.78 is 0. The second-order valence-electron chi connectivity index (χ2n) is 4.26. The topological polar surface area (TPSA) is 34.1 Å². The van der Waals surface area contributed by atoms with E-state index in [-0.39, 0.29) is 5.78 Å². The van der Waals surface area contributed by atoms with Gasteiger partial charge in [-0.3, -0.25) is 9.59 Å². The van der Waals surface area contributed by atoms with E-state index in [0.29, 0.717) is 17.4 Å². The first-order valence-electron chi connectivity index (χ1n) is 6.11. The molecule has 2 heteroatoms. The first-order valence-corrected chi connectivity index (χ1v) is 6.11. The van der Waals surface area contributed by atoms with Crippen molar-refractivity contribution in [1.29, 1.82) is 0 Å². The van der Waals surface area contributed by atoms with Crippen LogP contribution in [0.2, 0.25) is 0 Å². The zero-order chi connectivity index (χ0) is 12.8. The number of benzene rings is 1. The Hall–Kier alpha value is -2.14. The molecule has 0 atom stereocenters. The fourth-order valence-corrected chi connectivity index (χ4v) is 1.96. The maximum atomic E-state index is 11.9. The Bertz CT molecular complexity index is 556. The van der Waals surface area contributed by atoms with Gasteiger partial charge in [-0.25, -0.2) is 0 Å². The number of allylic oxidation sites excluding steroid dienone is 2. The molecule has 0 aliphatic heterocycles. The van der Waals surface area contributed by atoms with Crippen molar-refractivity contribution in [3.05, 3.63) is 47.0 Å². The maximum absolute atomic E-state index is 11.9. The van der Waals surface area contributed by atoms with Crippen LogP contribution in [0.15, 0.2) is 35.9 Å². The van der Waals surface area contributed by atoms with Crippen LogP contribution in [0, 0.1) is 11.8 Å². The monoisotopic (exact) mass is 238 g/mol. The van der Waals surface area contributed by atoms with Crippen LogP contribution in [0.3, 0.4) is 0 Å². The van der Waals surface area contributed by atoms with E-state index >= 15 is 0 Å². The number of hydrogen-bond donors (Lipinski definition) is 0. The van der Waals surface area contributed by atoms with Crippen LogP contribution in [0.5, 0.6) is 0 Å². The minimum absolute atomic E-state index is 0.288. The van der Waals surface area contributed by atoms with Crippen LogP contribution in [0.4, 0.5) is 0 Å². The van der Waals surface area contributed by atoms with Gasteiger partial charge in [-0.1, -0.05) is 30.2 Å². The maximum Gasteiger partial charge on any atom is 0.236 e. The van der Waals surface area contributed by atoms with Gasteiger partial charge >= 0.3 is 0 Å². The summed E-state index contributed by atoms with van der Waals surface area (Å²) in [5, 5.41) is 0. The van der Waals surface area contributed by atoms with E-state index < -0.39 is 0 Å². The molecule has 0 amide bonds. The predicted molar refractivity (Wildman–Crippen MR) is 70.5 cm³/mol. The first-order chi connectivity index (χ1) is 8.81. The SMILES string of the molecule is O=Cc1ccccc1C(=O)C#CC1=CCCCC1. The fraction of sp³-hybridized carbons (Fsp3) is 0.250. The van der Waals surface area contributed by atoms with Crippen LogP contribution >= 0.6 is 0 Å². The zero-order valence-electron chi connectivity index (χ0n) is 10.1. The summed E-state index contributed by atoms with van der Waals surface area (Å²) in [6.45, 7) is 0. The molecule has 0 saturated carbocycles. The smallest absolute Gasteiger partial charge is 0.236 e. The van der Waals surface area contributed by atoms with Gasteiger partial charge in [0, 0.05) is 11.1 Å². The molecule has 0 saturated heterocycles. The lowest BCUT2D eigenvalue weighted by Gasteiger charge is -2.05. The summed E-state index contributed by atoms with van der Waals surface area (Å²) in [5.41, 5.74) is 1.82. The minimum atomic E-state index is -0.288. The second kappa shape index (κ2) is 5.97. The summed E-state index contributed by atoms with van der Waals surface area (Å²) in [4.78, 5) is 22.7. The normalized spacial score (nSPS) is 14.1. The molecule has 0 N–H and O–H groups in total. The van der Waals surface area contributed by atoms with E-state index in [4.69, 9.17) is 0 Å². The predicted octanol–water partition coefficient (Wildman–Crippen LogP) is 3.19. The van der Waals surface area contributed by atoms with Crippen molar-refractivity contribution in [2.24, 2.45) is 0 Å². The Morgan fingerprint density at radius 2 is 2.06 bits per heavy atom. The van der Waals surface area contributed by atoms with Gasteiger partial charge in [0.05, 0.1) is 0 Å². The molecule has 0 radical (unpaired) electrons. The molecular weight excluding hydrogens is 224 g/mol. The molecule has 0 bridgehead atoms. The molecule has 18 heavy (non-hydrogen) atoms. The number of ketones is 1. The van der Waals surface area contributed by atoms with Gasteiger partial charge < -0.3 is 0 Å². The van der Waals surface area contributed by atoms with Gasteiger partial charge in [0.2, 0.25) is 5.78 Å². The van der Waals surface area contributed by atoms with Crippen molar-refractivity contribution in [2.75, 3.05) is 0 Å². The van der Waals surface area contributed by atoms with Gasteiger partial charge in [0.15, 0.2) is 6.29 Å². The molecule has 0 aromatic heterocycles. The number of rotatable bonds is 2. The van der Waals surface area contributed by atoms with Crippen molar-refractivity contribution in [3.8, 4) is 11.8 Å². The average molecular weight is 238 g/mol. The van der Waals surface area contributed by atoms with Crippen molar-refractivity contribution >= 4 is 12.1 Å². The summed E-state index contributed by atoms with van der Waals surface area (Å²) in [7, 11) is 0. The number of carbonyl (C=O) groups is 2. The zero-order valence-corrected chi connectivity index (χ0v) is 10.1. The van der Waals surface area contributed by atoms with Gasteiger partial charge in [0.1, 0.15) is 0 Å². The third kappa shape index (κ3) is 2.95. The third-order valence-corrected chi connectivity index (χ3v) is 2.96. The standard InChI is InChI=1S/C16H14O2/c17-12-14-8-4-5-9-15(14)16(18)11-10-13-6-2-1-3-7-13/h4-6,8-9,12H,1-3,7H2. The van der Waals surface area contributed by atoms with Crippen LogP contribution < -0.4 is 0 Å². The molecule has 90 valence electrons. The highest BCUT2D eigenvalue weighted by molar-refractivity contribution is 6.13. The Kier molecular flexibility index (Phi) is 4.09. The fourth-order valence-electron chi connectivity index (χ4n) is 1.96. The van der Waals surface area contributed by atoms with Crippen LogP contribution in [0.1, 0.15) is 46.4 Å². The Labute approximate surface area is 107 Å². The molecule has 1 aliphatic carbocycles. The van der Waals surface area contributed by atoms with Crippen LogP contribution in [-0.2, 0) is 0 Å². The van der Waals surface area contributed by atoms with E-state index in [9.17, 15) is 9.59 Å². The van der Waals surface area contributed by atoms with E-state index in [1.54, 1.807) is 24.3 Å². The van der Waals surface area contributed by atoms with Crippen LogP contribution in [0.25, 0.3) is 0 Å². The number of hydrogen-bond acceptors (Lipinski definition) is 2. The average Bonchev–Trinajstić information content (AvgIpc) is 2.45. The minimum Gasteiger partial charge on any atom is -0.298 e. The van der Waals surface area contributed by atoms with Gasteiger partial charge in [-0.05, 0) is 43.2 Å². The molecule has 0 spiro atoms. The lowest BCUT2D eigenvalue weighted by molar-refractivity contribution is 0.104. The van der Waals surface area contributed by atoms with Gasteiger partial charge in [-0.2, -0.15) is 0 Å². The van der Waals surface area contributed by atoms with E-state index in [1.807, 2.05) is 0 Å². The highest BCUT2D eigenvalue weighted by Gasteiger charge is 2.07. The summed E-state index contributed by atoms with van der Waals surface area (Å²) in [6.07, 6.45) is 7.12. The largest absolute Gasteiger partial charge is 0.298 e. The van der Waals surface area contributed by atoms with Crippen LogP contribution in [-0.4, -0.2) is 12.1 Å². The summed E-state index contributed by atoms with van der Waals surface area (Å²) in [5.74, 6) is 5.26. The molecule has 2 rings (SSSR count). The molecule has 1 aromatic carbocycles. The van der Waals surface area contributed by atoms with Crippen molar-refractivity contribution < 1.29 is 9.59 Å². The van der Waals surface area contributed by atoms with E-state index in [0.717, 1.165) is 24.8 Å². The number of aldehydes is 1.